The van der Waals surface area contributed by atoms with Crippen molar-refractivity contribution in [3.05, 3.63) is 36.2 Å². The van der Waals surface area contributed by atoms with Crippen LogP contribution in [0.3, 0.4) is 0 Å². The summed E-state index contributed by atoms with van der Waals surface area (Å²) in [4.78, 5) is 21.9. The van der Waals surface area contributed by atoms with Crippen molar-refractivity contribution in [2.75, 3.05) is 20.0 Å². The number of carbonyl (C=O) groups excluding carboxylic acids is 1. The average Bonchev–Trinajstić information content (AvgIpc) is 3.29. The van der Waals surface area contributed by atoms with Gasteiger partial charge >= 0.3 is 0 Å². The molecule has 218 valence electrons. The second-order valence-corrected chi connectivity index (χ2v) is 11.7. The maximum Gasteiger partial charge on any atom is 0.204 e. The minimum atomic E-state index is -1.74. The maximum atomic E-state index is 14.3. The molecule has 11 nitrogen and oxygen atoms in total. The number of methoxy groups -OCH3 is 1. The first kappa shape index (κ1) is 29.2. The molecule has 0 spiro atoms. The monoisotopic (exact) mass is 574 g/mol. The van der Waals surface area contributed by atoms with E-state index in [4.69, 9.17) is 18.9 Å². The van der Waals surface area contributed by atoms with Crippen molar-refractivity contribution in [1.29, 1.82) is 0 Å². The van der Waals surface area contributed by atoms with Crippen LogP contribution in [-0.4, -0.2) is 99.8 Å². The first-order valence-electron chi connectivity index (χ1n) is 13.3. The minimum absolute atomic E-state index is 0.0582. The Balaban J connectivity index is 1.45. The van der Waals surface area contributed by atoms with Gasteiger partial charge in [-0.3, -0.25) is 9.78 Å². The van der Waals surface area contributed by atoms with Crippen LogP contribution in [0.1, 0.15) is 37.7 Å². The number of nitrogens with zero attached hydrogens (tertiary/aromatic N) is 1. The Bertz CT molecular complexity index is 1370. The molecular weight excluding hydrogens is 538 g/mol. The molecule has 4 heterocycles. The number of H-pyrrole nitrogens is 1. The molecule has 3 aromatic rings. The molecule has 0 aliphatic carbocycles. The summed E-state index contributed by atoms with van der Waals surface area (Å²) < 4.78 is 21.7. The number of phenols is 1. The lowest BCUT2D eigenvalue weighted by atomic mass is 9.83. The number of fused-ring (bicyclic) bond motifs is 3. The third-order valence-electron chi connectivity index (χ3n) is 7.87. The van der Waals surface area contributed by atoms with Gasteiger partial charge in [-0.05, 0) is 37.4 Å². The van der Waals surface area contributed by atoms with E-state index in [2.05, 4.69) is 15.3 Å². The van der Waals surface area contributed by atoms with Crippen molar-refractivity contribution >= 4 is 39.4 Å². The van der Waals surface area contributed by atoms with E-state index in [1.165, 1.54) is 6.20 Å². The van der Waals surface area contributed by atoms with Gasteiger partial charge in [0.15, 0.2) is 6.29 Å². The molecule has 4 N–H and O–H groups in total. The molecule has 0 bridgehead atoms. The van der Waals surface area contributed by atoms with Gasteiger partial charge < -0.3 is 44.6 Å². The molecule has 2 aromatic heterocycles. The lowest BCUT2D eigenvalue weighted by Gasteiger charge is -2.53. The minimum Gasteiger partial charge on any atom is -0.829 e. The second-order valence-electron chi connectivity index (χ2n) is 10.7. The molecular formula is C28H36N3O8S-. The van der Waals surface area contributed by atoms with E-state index in [9.17, 15) is 20.1 Å². The fraction of sp³-hybridized carbons (Fsp3) is 0.571. The van der Waals surface area contributed by atoms with Crippen molar-refractivity contribution in [1.82, 2.24) is 15.3 Å². The van der Waals surface area contributed by atoms with Crippen LogP contribution in [-0.2, 0) is 18.9 Å². The number of nitrogens with one attached hydrogen (secondary N) is 2. The smallest absolute Gasteiger partial charge is 0.204 e. The highest BCUT2D eigenvalue weighted by Crippen LogP contribution is 2.43. The number of ether oxygens (including phenoxy) is 4. The van der Waals surface area contributed by atoms with Crippen LogP contribution >= 0.6 is 11.8 Å². The van der Waals surface area contributed by atoms with E-state index in [0.29, 0.717) is 23.9 Å². The third-order valence-corrected chi connectivity index (χ3v) is 9.30. The summed E-state index contributed by atoms with van der Waals surface area (Å²) >= 11 is 1.10. The van der Waals surface area contributed by atoms with Crippen LogP contribution in [0, 0.1) is 0 Å². The zero-order valence-electron chi connectivity index (χ0n) is 23.1. The zero-order valence-corrected chi connectivity index (χ0v) is 23.9. The highest BCUT2D eigenvalue weighted by Gasteiger charge is 2.58. The van der Waals surface area contributed by atoms with E-state index in [-0.39, 0.29) is 29.6 Å². The molecule has 2 aliphatic rings. The fourth-order valence-electron chi connectivity index (χ4n) is 5.87. The Hall–Kier alpha value is -2.29. The number of thioether (sulfide) groups is 1. The van der Waals surface area contributed by atoms with Gasteiger partial charge in [0.1, 0.15) is 22.3 Å². The van der Waals surface area contributed by atoms with Crippen molar-refractivity contribution in [3.63, 3.8) is 0 Å². The average molecular weight is 575 g/mol. The van der Waals surface area contributed by atoms with Crippen molar-refractivity contribution in [2.45, 2.75) is 81.0 Å². The predicted octanol–water partition coefficient (Wildman–Crippen LogP) is 1.69. The number of aromatic nitrogens is 2. The largest absolute Gasteiger partial charge is 0.829 e. The van der Waals surface area contributed by atoms with Gasteiger partial charge in [0.05, 0.1) is 36.5 Å². The summed E-state index contributed by atoms with van der Waals surface area (Å²) in [5.74, 6) is -0.403. The van der Waals surface area contributed by atoms with Crippen molar-refractivity contribution in [2.24, 2.45) is 0 Å². The standard InChI is InChI=1S/C28H36N3O8S/c1-13(2)30-19-12-37-21(11-20(19)36-4)39-24-26(34)28(40-5,14(3)38-27(24)35)25(33)23-22-16(8-9-29-23)17-10-15(32)6-7-18(17)31-22/h6-10,13-14,19-21,24,26-27,30-32,34H,11-12H2,1-5H3/q-1. The number of aliphatic hydroxyl groups is 1. The number of carbonyl (C=O) groups is 1. The van der Waals surface area contributed by atoms with E-state index in [1.807, 2.05) is 13.8 Å². The Kier molecular flexibility index (Phi) is 8.42. The van der Waals surface area contributed by atoms with E-state index in [0.717, 1.165) is 22.7 Å². The van der Waals surface area contributed by atoms with Crippen molar-refractivity contribution < 1.29 is 39.1 Å². The number of phenolic OH excluding ortho intramolecular Hbond substituents is 1. The number of aliphatic hydroxyl groups excluding tert-OH is 1. The first-order valence-corrected chi connectivity index (χ1v) is 14.6. The van der Waals surface area contributed by atoms with Gasteiger partial charge in [0.25, 0.3) is 0 Å². The Morgan fingerprint density at radius 3 is 2.80 bits per heavy atom. The summed E-state index contributed by atoms with van der Waals surface area (Å²) in [6, 6.07) is 6.79. The summed E-state index contributed by atoms with van der Waals surface area (Å²) in [5, 5.41) is 39.6. The summed E-state index contributed by atoms with van der Waals surface area (Å²) in [6.45, 7) is 5.95. The summed E-state index contributed by atoms with van der Waals surface area (Å²) in [5.41, 5.74) is 1.27. The molecule has 12 heteroatoms. The number of hydrogen-bond acceptors (Lipinski definition) is 11. The molecule has 40 heavy (non-hydrogen) atoms. The van der Waals surface area contributed by atoms with Crippen LogP contribution < -0.4 is 10.4 Å². The topological polar surface area (TPSA) is 158 Å². The normalized spacial score (nSPS) is 33.1. The molecule has 5 rings (SSSR count). The first-order chi connectivity index (χ1) is 19.1. The number of ketones is 1. The van der Waals surface area contributed by atoms with Gasteiger partial charge in [-0.15, -0.1) is 11.8 Å². The van der Waals surface area contributed by atoms with Gasteiger partial charge in [-0.2, -0.15) is 0 Å². The number of pyridine rings is 1. The number of aromatic hydroxyl groups is 1. The van der Waals surface area contributed by atoms with Crippen LogP contribution in [0.5, 0.6) is 5.75 Å². The SMILES string of the molecule is COC1CC(OC2C([O-])OC(C)C(SC)(C(=O)c3nccc4c3[nH]c3ccc(O)cc34)C2O)OCC1NC(C)C. The number of benzene rings is 1. The quantitative estimate of drug-likeness (QED) is 0.290. The van der Waals surface area contributed by atoms with Gasteiger partial charge in [0, 0.05) is 48.3 Å². The van der Waals surface area contributed by atoms with Gasteiger partial charge in [-0.25, -0.2) is 0 Å². The van der Waals surface area contributed by atoms with Gasteiger partial charge in [-0.1, -0.05) is 13.8 Å². The maximum absolute atomic E-state index is 14.3. The molecule has 0 radical (unpaired) electrons. The van der Waals surface area contributed by atoms with Crippen molar-refractivity contribution in [3.8, 4) is 5.75 Å². The third kappa shape index (κ3) is 5.01. The number of rotatable bonds is 8. The van der Waals surface area contributed by atoms with E-state index < -0.39 is 41.4 Å². The highest BCUT2D eigenvalue weighted by molar-refractivity contribution is 8.00. The van der Waals surface area contributed by atoms with Crippen LogP contribution in [0.15, 0.2) is 30.5 Å². The Morgan fingerprint density at radius 2 is 2.10 bits per heavy atom. The lowest BCUT2D eigenvalue weighted by Crippen LogP contribution is -2.70. The van der Waals surface area contributed by atoms with E-state index in [1.54, 1.807) is 44.6 Å². The molecule has 2 aliphatic heterocycles. The molecule has 8 atom stereocenters. The molecule has 0 saturated carbocycles. The Morgan fingerprint density at radius 1 is 1.32 bits per heavy atom. The van der Waals surface area contributed by atoms with Gasteiger partial charge in [0.2, 0.25) is 5.78 Å². The van der Waals surface area contributed by atoms with Crippen LogP contribution in [0.25, 0.3) is 21.8 Å². The lowest BCUT2D eigenvalue weighted by molar-refractivity contribution is -0.533. The molecule has 2 saturated heterocycles. The van der Waals surface area contributed by atoms with E-state index >= 15 is 0 Å². The molecule has 0 amide bonds. The number of hydrogen-bond donors (Lipinski definition) is 4. The molecule has 1 aromatic carbocycles. The second kappa shape index (κ2) is 11.5. The number of aromatic amines is 1. The predicted molar refractivity (Wildman–Crippen MR) is 148 cm³/mol. The van der Waals surface area contributed by atoms with Crippen LogP contribution in [0.4, 0.5) is 0 Å². The highest BCUT2D eigenvalue weighted by atomic mass is 32.2. The molecule has 8 unspecified atom stereocenters. The Labute approximate surface area is 236 Å². The summed E-state index contributed by atoms with van der Waals surface area (Å²) in [7, 11) is 1.61. The van der Waals surface area contributed by atoms with Crippen LogP contribution in [0.2, 0.25) is 0 Å². The number of Topliss-reactive ketones (excluding diaryl/α,β-unsaturated/α-hetero) is 1. The zero-order chi connectivity index (χ0) is 28.8. The summed E-state index contributed by atoms with van der Waals surface area (Å²) in [6.07, 6.45) is -3.14. The molecule has 2 fully saturated rings. The fourth-order valence-corrected chi connectivity index (χ4v) is 6.92.